The molecule has 0 N–H and O–H groups in total. The third kappa shape index (κ3) is 3.60. The minimum atomic E-state index is -0.119. The maximum Gasteiger partial charge on any atom is 0.260 e. The first-order chi connectivity index (χ1) is 15.9. The molecule has 0 saturated heterocycles. The van der Waals surface area contributed by atoms with Crippen LogP contribution in [-0.2, 0) is 0 Å². The molecule has 5 aromatic rings. The van der Waals surface area contributed by atoms with Gasteiger partial charge in [-0.2, -0.15) is 5.10 Å². The summed E-state index contributed by atoms with van der Waals surface area (Å²) in [6.07, 6.45) is 1.74. The first-order valence-electron chi connectivity index (χ1n) is 11.0. The monoisotopic (exact) mass is 459 g/mol. The Hall–Kier alpha value is -3.52. The summed E-state index contributed by atoms with van der Waals surface area (Å²) in [6, 6.07) is 11.8. The van der Waals surface area contributed by atoms with Crippen LogP contribution >= 0.6 is 11.3 Å². The van der Waals surface area contributed by atoms with E-state index in [0.717, 1.165) is 32.7 Å². The number of benzene rings is 1. The van der Waals surface area contributed by atoms with Crippen molar-refractivity contribution in [3.05, 3.63) is 59.7 Å². The van der Waals surface area contributed by atoms with E-state index < -0.39 is 0 Å². The fraction of sp³-hybridized carbons (Fsp3) is 0.280. The zero-order valence-electron chi connectivity index (χ0n) is 19.3. The lowest BCUT2D eigenvalue weighted by Gasteiger charge is -2.19. The summed E-state index contributed by atoms with van der Waals surface area (Å²) in [5.74, 6) is 1.46. The molecule has 0 bridgehead atoms. The van der Waals surface area contributed by atoms with E-state index in [2.05, 4.69) is 18.9 Å². The van der Waals surface area contributed by atoms with Gasteiger partial charge in [0.25, 0.3) is 5.91 Å². The molecule has 0 atom stereocenters. The molecular formula is C25H25N5O2S. The number of thiazole rings is 1. The molecule has 168 valence electrons. The van der Waals surface area contributed by atoms with Gasteiger partial charge in [0.2, 0.25) is 0 Å². The number of aryl methyl sites for hydroxylation is 2. The Morgan fingerprint density at radius 2 is 1.97 bits per heavy atom. The van der Waals surface area contributed by atoms with E-state index in [9.17, 15) is 4.79 Å². The van der Waals surface area contributed by atoms with E-state index in [-0.39, 0.29) is 11.9 Å². The van der Waals surface area contributed by atoms with Gasteiger partial charge in [-0.1, -0.05) is 23.5 Å². The summed E-state index contributed by atoms with van der Waals surface area (Å²) in [5, 5.41) is 5.95. The standard InChI is InChI=1S/C25H25N5O2S/c1-6-29(25-28-20-9-7-8-10-22(20)33-25)24(31)18-12-21(17-11-15(4)32-16(17)5)27-23-19(18)13-26-30(23)14(2)3/h7-14H,6H2,1-5H3. The summed E-state index contributed by atoms with van der Waals surface area (Å²) in [7, 11) is 0. The van der Waals surface area contributed by atoms with Gasteiger partial charge < -0.3 is 4.42 Å². The van der Waals surface area contributed by atoms with Crippen molar-refractivity contribution in [1.29, 1.82) is 0 Å². The van der Waals surface area contributed by atoms with E-state index in [1.54, 1.807) is 11.1 Å². The number of hydrogen-bond donors (Lipinski definition) is 0. The lowest BCUT2D eigenvalue weighted by Crippen LogP contribution is -2.30. The Kier molecular flexibility index (Phi) is 5.25. The molecule has 5 rings (SSSR count). The minimum Gasteiger partial charge on any atom is -0.466 e. The third-order valence-electron chi connectivity index (χ3n) is 5.68. The summed E-state index contributed by atoms with van der Waals surface area (Å²) in [4.78, 5) is 25.3. The van der Waals surface area contributed by atoms with Crippen LogP contribution in [0.1, 0.15) is 48.7 Å². The lowest BCUT2D eigenvalue weighted by atomic mass is 10.1. The van der Waals surface area contributed by atoms with Crippen molar-refractivity contribution >= 4 is 43.6 Å². The minimum absolute atomic E-state index is 0.104. The first-order valence-corrected chi connectivity index (χ1v) is 11.8. The number of hydrogen-bond acceptors (Lipinski definition) is 6. The Labute approximate surface area is 195 Å². The van der Waals surface area contributed by atoms with E-state index in [1.165, 1.54) is 11.3 Å². The number of anilines is 1. The van der Waals surface area contributed by atoms with Crippen molar-refractivity contribution in [3.8, 4) is 11.3 Å². The Bertz CT molecular complexity index is 1460. The molecule has 0 saturated carbocycles. The number of nitrogens with zero attached hydrogens (tertiary/aromatic N) is 5. The number of furan rings is 1. The second kappa shape index (κ2) is 8.12. The number of carbonyl (C=O) groups is 1. The summed E-state index contributed by atoms with van der Waals surface area (Å²) < 4.78 is 8.65. The van der Waals surface area contributed by atoms with Crippen molar-refractivity contribution in [3.63, 3.8) is 0 Å². The molecule has 8 heteroatoms. The maximum atomic E-state index is 13.9. The Morgan fingerprint density at radius 1 is 1.18 bits per heavy atom. The molecule has 1 amide bonds. The van der Waals surface area contributed by atoms with Crippen LogP contribution in [-0.4, -0.2) is 32.2 Å². The van der Waals surface area contributed by atoms with Gasteiger partial charge in [0.15, 0.2) is 10.8 Å². The van der Waals surface area contributed by atoms with Gasteiger partial charge in [-0.15, -0.1) is 0 Å². The lowest BCUT2D eigenvalue weighted by molar-refractivity contribution is 0.0990. The van der Waals surface area contributed by atoms with Crippen LogP contribution in [0.25, 0.3) is 32.5 Å². The number of para-hydroxylation sites is 1. The van der Waals surface area contributed by atoms with Crippen LogP contribution in [0.5, 0.6) is 0 Å². The maximum absolute atomic E-state index is 13.9. The molecule has 33 heavy (non-hydrogen) atoms. The van der Waals surface area contributed by atoms with Crippen molar-refractivity contribution in [2.24, 2.45) is 0 Å². The number of pyridine rings is 1. The predicted molar refractivity (Wildman–Crippen MR) is 132 cm³/mol. The van der Waals surface area contributed by atoms with E-state index in [4.69, 9.17) is 14.4 Å². The normalized spacial score (nSPS) is 11.7. The summed E-state index contributed by atoms with van der Waals surface area (Å²) in [5.41, 5.74) is 3.71. The highest BCUT2D eigenvalue weighted by atomic mass is 32.1. The number of carbonyl (C=O) groups excluding carboxylic acids is 1. The molecule has 4 aromatic heterocycles. The highest BCUT2D eigenvalue weighted by Crippen LogP contribution is 2.33. The molecule has 0 aliphatic rings. The zero-order chi connectivity index (χ0) is 23.3. The average Bonchev–Trinajstić information content (AvgIpc) is 3.49. The fourth-order valence-corrected chi connectivity index (χ4v) is 5.11. The van der Waals surface area contributed by atoms with Gasteiger partial charge in [-0.05, 0) is 58.9 Å². The predicted octanol–water partition coefficient (Wildman–Crippen LogP) is 6.17. The van der Waals surface area contributed by atoms with E-state index >= 15 is 0 Å². The molecule has 7 nitrogen and oxygen atoms in total. The van der Waals surface area contributed by atoms with E-state index in [0.29, 0.717) is 28.6 Å². The highest BCUT2D eigenvalue weighted by molar-refractivity contribution is 7.22. The van der Waals surface area contributed by atoms with Crippen LogP contribution in [0, 0.1) is 13.8 Å². The van der Waals surface area contributed by atoms with Gasteiger partial charge >= 0.3 is 0 Å². The second-order valence-electron chi connectivity index (χ2n) is 8.32. The third-order valence-corrected chi connectivity index (χ3v) is 6.74. The topological polar surface area (TPSA) is 77.0 Å². The van der Waals surface area contributed by atoms with Gasteiger partial charge in [-0.3, -0.25) is 9.69 Å². The van der Waals surface area contributed by atoms with Crippen LogP contribution in [0.4, 0.5) is 5.13 Å². The highest BCUT2D eigenvalue weighted by Gasteiger charge is 2.25. The van der Waals surface area contributed by atoms with Crippen LogP contribution < -0.4 is 4.90 Å². The van der Waals surface area contributed by atoms with Gasteiger partial charge in [0, 0.05) is 18.2 Å². The van der Waals surface area contributed by atoms with Crippen molar-refractivity contribution < 1.29 is 9.21 Å². The van der Waals surface area contributed by atoms with Gasteiger partial charge in [-0.25, -0.2) is 14.6 Å². The number of amides is 1. The molecule has 0 radical (unpaired) electrons. The van der Waals surface area contributed by atoms with Crippen molar-refractivity contribution in [2.75, 3.05) is 11.4 Å². The first kappa shape index (κ1) is 21.3. The molecule has 0 spiro atoms. The quantitative estimate of drug-likeness (QED) is 0.314. The molecule has 0 aliphatic heterocycles. The van der Waals surface area contributed by atoms with Crippen molar-refractivity contribution in [2.45, 2.75) is 40.7 Å². The molecule has 0 fully saturated rings. The van der Waals surface area contributed by atoms with E-state index in [1.807, 2.05) is 61.9 Å². The molecule has 0 unspecified atom stereocenters. The van der Waals surface area contributed by atoms with Crippen LogP contribution in [0.2, 0.25) is 0 Å². The second-order valence-corrected chi connectivity index (χ2v) is 9.32. The van der Waals surface area contributed by atoms with Crippen LogP contribution in [0.3, 0.4) is 0 Å². The SMILES string of the molecule is CCN(C(=O)c1cc(-c2cc(C)oc2C)nc2c1cnn2C(C)C)c1nc2ccccc2s1. The van der Waals surface area contributed by atoms with Crippen molar-refractivity contribution in [1.82, 2.24) is 19.7 Å². The number of aromatic nitrogens is 4. The summed E-state index contributed by atoms with van der Waals surface area (Å²) >= 11 is 1.52. The fourth-order valence-electron chi connectivity index (χ4n) is 4.08. The Balaban J connectivity index is 1.69. The molecule has 0 aliphatic carbocycles. The molecule has 1 aromatic carbocycles. The molecule has 4 heterocycles. The largest absolute Gasteiger partial charge is 0.466 e. The van der Waals surface area contributed by atoms with Crippen LogP contribution in [0.15, 0.2) is 47.0 Å². The van der Waals surface area contributed by atoms with Gasteiger partial charge in [0.1, 0.15) is 11.5 Å². The number of rotatable bonds is 5. The zero-order valence-corrected chi connectivity index (χ0v) is 20.1. The summed E-state index contributed by atoms with van der Waals surface area (Å²) in [6.45, 7) is 10.4. The molecular weight excluding hydrogens is 434 g/mol. The smallest absolute Gasteiger partial charge is 0.260 e. The van der Waals surface area contributed by atoms with Gasteiger partial charge in [0.05, 0.1) is 33.1 Å². The number of fused-ring (bicyclic) bond motifs is 2. The Morgan fingerprint density at radius 3 is 2.64 bits per heavy atom. The average molecular weight is 460 g/mol.